The summed E-state index contributed by atoms with van der Waals surface area (Å²) in [6.45, 7) is 7.15. The number of hydrogen-bond acceptors (Lipinski definition) is 13. The highest BCUT2D eigenvalue weighted by molar-refractivity contribution is 5.72. The van der Waals surface area contributed by atoms with Crippen molar-refractivity contribution in [3.05, 3.63) is 41.5 Å². The van der Waals surface area contributed by atoms with Crippen molar-refractivity contribution in [3.8, 4) is 5.75 Å². The number of esters is 1. The van der Waals surface area contributed by atoms with E-state index in [9.17, 15) is 18.0 Å². The molecule has 14 nitrogen and oxygen atoms in total. The summed E-state index contributed by atoms with van der Waals surface area (Å²) in [5.74, 6) is -5.57. The van der Waals surface area contributed by atoms with E-state index in [1.54, 1.807) is 10.9 Å². The number of halogens is 3. The molecule has 256 valence electrons. The van der Waals surface area contributed by atoms with E-state index in [0.717, 1.165) is 0 Å². The van der Waals surface area contributed by atoms with Crippen LogP contribution in [-0.4, -0.2) is 127 Å². The highest BCUT2D eigenvalue weighted by atomic mass is 19.1. The summed E-state index contributed by atoms with van der Waals surface area (Å²) in [4.78, 5) is 11.7. The predicted molar refractivity (Wildman–Crippen MR) is 151 cm³/mol. The number of benzene rings is 1. The first-order valence-corrected chi connectivity index (χ1v) is 14.6. The van der Waals surface area contributed by atoms with Crippen LogP contribution in [0.15, 0.2) is 18.3 Å². The van der Waals surface area contributed by atoms with Crippen molar-refractivity contribution in [2.24, 2.45) is 5.73 Å². The molecule has 45 heavy (non-hydrogen) atoms. The standard InChI is InChI=1S/C28H43F3N4O10/c29-23-19-25(30)28(26(31)20-23)45-27(36)1-4-37-7-10-40-13-14-42-12-9-39-6-3-35-21-24(33-34-35)22-44-18-17-43-16-15-41-11-8-38-5-2-32/h19-21H,1-18,22,32H2. The minimum absolute atomic E-state index is 0.0372. The molecule has 0 atom stereocenters. The average Bonchev–Trinajstić information content (AvgIpc) is 3.47. The summed E-state index contributed by atoms with van der Waals surface area (Å²) in [5.41, 5.74) is 6.04. The topological polar surface area (TPSA) is 157 Å². The molecule has 1 heterocycles. The fraction of sp³-hybridized carbons (Fsp3) is 0.679. The van der Waals surface area contributed by atoms with Crippen molar-refractivity contribution in [2.75, 3.05) is 106 Å². The Morgan fingerprint density at radius 2 is 1.13 bits per heavy atom. The Kier molecular flexibility index (Phi) is 21.7. The molecule has 0 bridgehead atoms. The van der Waals surface area contributed by atoms with E-state index in [-0.39, 0.29) is 26.2 Å². The SMILES string of the molecule is NCCOCCOCCOCCOCc1cn(CCOCCOCCOCCOCCC(=O)Oc2c(F)cc(F)cc2F)nn1. The molecule has 0 spiro atoms. The van der Waals surface area contributed by atoms with Crippen LogP contribution < -0.4 is 10.5 Å². The second-order valence-corrected chi connectivity index (χ2v) is 9.02. The Balaban J connectivity index is 1.31. The maximum absolute atomic E-state index is 13.5. The van der Waals surface area contributed by atoms with Gasteiger partial charge in [-0.05, 0) is 0 Å². The maximum atomic E-state index is 13.5. The van der Waals surface area contributed by atoms with Crippen molar-refractivity contribution in [1.82, 2.24) is 15.0 Å². The van der Waals surface area contributed by atoms with Crippen molar-refractivity contribution in [3.63, 3.8) is 0 Å². The second-order valence-electron chi connectivity index (χ2n) is 9.02. The summed E-state index contributed by atoms with van der Waals surface area (Å²) >= 11 is 0. The molecule has 1 aromatic heterocycles. The van der Waals surface area contributed by atoms with Gasteiger partial charge >= 0.3 is 5.97 Å². The number of nitrogens with two attached hydrogens (primary N) is 1. The Bertz CT molecular complexity index is 1030. The van der Waals surface area contributed by atoms with Crippen molar-refractivity contribution in [1.29, 1.82) is 0 Å². The van der Waals surface area contributed by atoms with E-state index >= 15 is 0 Å². The van der Waals surface area contributed by atoms with Crippen LogP contribution in [0.1, 0.15) is 12.1 Å². The summed E-state index contributed by atoms with van der Waals surface area (Å²) < 4.78 is 89.2. The molecule has 0 unspecified atom stereocenters. The van der Waals surface area contributed by atoms with Crippen LogP contribution >= 0.6 is 0 Å². The largest absolute Gasteiger partial charge is 0.420 e. The van der Waals surface area contributed by atoms with Gasteiger partial charge in [-0.25, -0.2) is 17.9 Å². The molecule has 0 saturated carbocycles. The van der Waals surface area contributed by atoms with Gasteiger partial charge < -0.3 is 48.4 Å². The lowest BCUT2D eigenvalue weighted by Crippen LogP contribution is -2.15. The van der Waals surface area contributed by atoms with Crippen LogP contribution in [0.3, 0.4) is 0 Å². The van der Waals surface area contributed by atoms with Gasteiger partial charge in [0, 0.05) is 18.7 Å². The Hall–Kier alpha value is -2.74. The van der Waals surface area contributed by atoms with Gasteiger partial charge in [-0.2, -0.15) is 0 Å². The molecular weight excluding hydrogens is 609 g/mol. The summed E-state index contributed by atoms with van der Waals surface area (Å²) in [6.07, 6.45) is 1.55. The van der Waals surface area contributed by atoms with E-state index in [4.69, 9.17) is 43.6 Å². The third kappa shape index (κ3) is 19.4. The molecular formula is C28H43F3N4O10. The lowest BCUT2D eigenvalue weighted by atomic mass is 10.3. The first-order chi connectivity index (χ1) is 22.0. The highest BCUT2D eigenvalue weighted by Crippen LogP contribution is 2.23. The van der Waals surface area contributed by atoms with E-state index < -0.39 is 29.2 Å². The number of rotatable bonds is 29. The van der Waals surface area contributed by atoms with Gasteiger partial charge in [0.05, 0.1) is 125 Å². The van der Waals surface area contributed by atoms with Gasteiger partial charge in [-0.3, -0.25) is 4.79 Å². The van der Waals surface area contributed by atoms with Crippen LogP contribution in [0.2, 0.25) is 0 Å². The van der Waals surface area contributed by atoms with Crippen molar-refractivity contribution in [2.45, 2.75) is 19.6 Å². The van der Waals surface area contributed by atoms with Gasteiger partial charge in [-0.15, -0.1) is 5.10 Å². The lowest BCUT2D eigenvalue weighted by molar-refractivity contribution is -0.136. The fourth-order valence-corrected chi connectivity index (χ4v) is 3.30. The number of aromatic nitrogens is 3. The smallest absolute Gasteiger partial charge is 0.313 e. The monoisotopic (exact) mass is 652 g/mol. The zero-order valence-electron chi connectivity index (χ0n) is 25.3. The zero-order valence-corrected chi connectivity index (χ0v) is 25.3. The maximum Gasteiger partial charge on any atom is 0.313 e. The quantitative estimate of drug-likeness (QED) is 0.0763. The summed E-state index contributed by atoms with van der Waals surface area (Å²) in [6, 6.07) is 0.849. The molecule has 1 aromatic carbocycles. The zero-order chi connectivity index (χ0) is 32.4. The molecule has 2 rings (SSSR count). The van der Waals surface area contributed by atoms with Crippen LogP contribution in [0.25, 0.3) is 0 Å². The van der Waals surface area contributed by atoms with Crippen LogP contribution in [0.4, 0.5) is 13.2 Å². The minimum Gasteiger partial charge on any atom is -0.420 e. The van der Waals surface area contributed by atoms with Crippen LogP contribution in [0.5, 0.6) is 5.75 Å². The number of carbonyl (C=O) groups is 1. The number of hydrogen-bond donors (Lipinski definition) is 1. The molecule has 2 N–H and O–H groups in total. The molecule has 0 amide bonds. The molecule has 0 aliphatic carbocycles. The van der Waals surface area contributed by atoms with Gasteiger partial charge in [0.1, 0.15) is 11.5 Å². The number of nitrogens with zero attached hydrogens (tertiary/aromatic N) is 3. The highest BCUT2D eigenvalue weighted by Gasteiger charge is 2.16. The molecule has 0 aliphatic rings. The third-order valence-electron chi connectivity index (χ3n) is 5.42. The molecule has 17 heteroatoms. The van der Waals surface area contributed by atoms with Gasteiger partial charge in [0.15, 0.2) is 11.6 Å². The van der Waals surface area contributed by atoms with Gasteiger partial charge in [0.25, 0.3) is 0 Å². The summed E-state index contributed by atoms with van der Waals surface area (Å²) in [7, 11) is 0. The average molecular weight is 653 g/mol. The molecule has 0 radical (unpaired) electrons. The second kappa shape index (κ2) is 25.5. The van der Waals surface area contributed by atoms with Crippen molar-refractivity contribution >= 4 is 5.97 Å². The number of ether oxygens (including phenoxy) is 9. The minimum atomic E-state index is -1.30. The van der Waals surface area contributed by atoms with Gasteiger partial charge in [0.2, 0.25) is 5.75 Å². The first-order valence-electron chi connectivity index (χ1n) is 14.6. The summed E-state index contributed by atoms with van der Waals surface area (Å²) in [5, 5.41) is 8.11. The van der Waals surface area contributed by atoms with Crippen molar-refractivity contribution < 1.29 is 60.6 Å². The Morgan fingerprint density at radius 1 is 0.667 bits per heavy atom. The van der Waals surface area contributed by atoms with Gasteiger partial charge in [-0.1, -0.05) is 5.21 Å². The molecule has 2 aromatic rings. The third-order valence-corrected chi connectivity index (χ3v) is 5.42. The van der Waals surface area contributed by atoms with E-state index in [0.29, 0.717) is 117 Å². The molecule has 0 saturated heterocycles. The Morgan fingerprint density at radius 3 is 1.67 bits per heavy atom. The molecule has 0 aliphatic heterocycles. The predicted octanol–water partition coefficient (Wildman–Crippen LogP) is 1.28. The lowest BCUT2D eigenvalue weighted by Gasteiger charge is -2.08. The first kappa shape index (κ1) is 38.4. The fourth-order valence-electron chi connectivity index (χ4n) is 3.30. The Labute approximate surface area is 260 Å². The van der Waals surface area contributed by atoms with E-state index in [1.807, 2.05) is 0 Å². The van der Waals surface area contributed by atoms with E-state index in [1.165, 1.54) is 0 Å². The van der Waals surface area contributed by atoms with Crippen LogP contribution in [-0.2, 0) is 55.8 Å². The number of carbonyl (C=O) groups excluding carboxylic acids is 1. The van der Waals surface area contributed by atoms with E-state index in [2.05, 4.69) is 15.0 Å². The normalized spacial score (nSPS) is 11.4. The van der Waals surface area contributed by atoms with Crippen LogP contribution in [0, 0.1) is 17.5 Å². The molecule has 0 fully saturated rings.